The summed E-state index contributed by atoms with van der Waals surface area (Å²) in [7, 11) is 0. The summed E-state index contributed by atoms with van der Waals surface area (Å²) >= 11 is 0. The van der Waals surface area contributed by atoms with Crippen LogP contribution < -0.4 is 0 Å². The van der Waals surface area contributed by atoms with Gasteiger partial charge in [0, 0.05) is 12.3 Å². The van der Waals surface area contributed by atoms with Gasteiger partial charge in [0.05, 0.1) is 0 Å². The van der Waals surface area contributed by atoms with Crippen LogP contribution in [-0.4, -0.2) is 12.1 Å². The van der Waals surface area contributed by atoms with Crippen LogP contribution in [0, 0.1) is 57.2 Å². The highest BCUT2D eigenvalue weighted by atomic mass is 16.5. The summed E-state index contributed by atoms with van der Waals surface area (Å²) in [6.07, 6.45) is 14.8. The molecule has 0 aromatic heterocycles. The minimum atomic E-state index is -0.0742. The normalized spacial score (nSPS) is 46.4. The van der Waals surface area contributed by atoms with E-state index in [9.17, 15) is 4.79 Å². The van der Waals surface area contributed by atoms with Gasteiger partial charge in [0.15, 0.2) is 0 Å². The summed E-state index contributed by atoms with van der Waals surface area (Å²) in [6.45, 7) is 21.9. The Morgan fingerprint density at radius 3 is 2.15 bits per heavy atom. The molecule has 2 nitrogen and oxygen atoms in total. The number of fused-ring (bicyclic) bond motifs is 5. The maximum absolute atomic E-state index is 12.2. The van der Waals surface area contributed by atoms with E-state index in [-0.39, 0.29) is 17.5 Å². The summed E-state index contributed by atoms with van der Waals surface area (Å²) in [6, 6.07) is 0. The van der Waals surface area contributed by atoms with Crippen molar-refractivity contribution in [2.45, 2.75) is 139 Å². The molecule has 0 saturated heterocycles. The molecule has 0 heterocycles. The Balaban J connectivity index is 1.61. The lowest BCUT2D eigenvalue weighted by molar-refractivity contribution is -0.226. The fraction of sp³-hybridized carbons (Fsp3) is 0.969. The lowest BCUT2D eigenvalue weighted by Gasteiger charge is -2.68. The molecular formula is C32H56O2. The predicted octanol–water partition coefficient (Wildman–Crippen LogP) is 9.07. The van der Waals surface area contributed by atoms with Crippen LogP contribution in [0.1, 0.15) is 133 Å². The number of rotatable bonds is 6. The molecule has 4 fully saturated rings. The minimum Gasteiger partial charge on any atom is -0.462 e. The van der Waals surface area contributed by atoms with Gasteiger partial charge >= 0.3 is 5.97 Å². The quantitative estimate of drug-likeness (QED) is 0.360. The van der Waals surface area contributed by atoms with E-state index < -0.39 is 0 Å². The van der Waals surface area contributed by atoms with Crippen LogP contribution in [-0.2, 0) is 9.53 Å². The average molecular weight is 473 g/mol. The van der Waals surface area contributed by atoms with Crippen LogP contribution in [0.2, 0.25) is 0 Å². The Labute approximate surface area is 211 Å². The number of carbonyl (C=O) groups is 1. The molecule has 196 valence electrons. The van der Waals surface area contributed by atoms with Gasteiger partial charge in [-0.25, -0.2) is 0 Å². The Bertz CT molecular complexity index is 754. The SMILES string of the molecule is CC(=O)OC1CCC(C)(C)[C@@H]2CC[C@@H]3[C@H](CC[C@]4(C)[C@@H]([C@H](C)CCCC(C)C)CC[C@@]34C)[C@@]12C. The zero-order chi connectivity index (χ0) is 25.1. The van der Waals surface area contributed by atoms with Gasteiger partial charge in [-0.15, -0.1) is 0 Å². The van der Waals surface area contributed by atoms with Gasteiger partial charge in [0.1, 0.15) is 6.10 Å². The third-order valence-corrected chi connectivity index (χ3v) is 12.8. The predicted molar refractivity (Wildman–Crippen MR) is 142 cm³/mol. The maximum atomic E-state index is 12.2. The molecule has 1 unspecified atom stereocenters. The summed E-state index contributed by atoms with van der Waals surface area (Å²) in [4.78, 5) is 12.2. The fourth-order valence-corrected chi connectivity index (χ4v) is 10.9. The molecule has 4 rings (SSSR count). The third-order valence-electron chi connectivity index (χ3n) is 12.8. The first-order valence-electron chi connectivity index (χ1n) is 14.9. The first-order valence-corrected chi connectivity index (χ1v) is 14.9. The van der Waals surface area contributed by atoms with E-state index in [1.807, 2.05) is 0 Å². The molecule has 4 aliphatic rings. The van der Waals surface area contributed by atoms with E-state index in [4.69, 9.17) is 4.74 Å². The highest BCUT2D eigenvalue weighted by Crippen LogP contribution is 2.74. The molecule has 9 atom stereocenters. The second-order valence-electron chi connectivity index (χ2n) is 15.2. The number of carbonyl (C=O) groups excluding carboxylic acids is 1. The Morgan fingerprint density at radius 2 is 1.50 bits per heavy atom. The smallest absolute Gasteiger partial charge is 0.302 e. The van der Waals surface area contributed by atoms with Gasteiger partial charge in [-0.2, -0.15) is 0 Å². The number of ether oxygens (including phenoxy) is 1. The van der Waals surface area contributed by atoms with Crippen molar-refractivity contribution in [2.75, 3.05) is 0 Å². The number of hydrogen-bond acceptors (Lipinski definition) is 2. The van der Waals surface area contributed by atoms with Crippen molar-refractivity contribution in [3.05, 3.63) is 0 Å². The second-order valence-corrected chi connectivity index (χ2v) is 15.2. The van der Waals surface area contributed by atoms with E-state index >= 15 is 0 Å². The van der Waals surface area contributed by atoms with Crippen molar-refractivity contribution in [2.24, 2.45) is 57.2 Å². The van der Waals surface area contributed by atoms with Crippen molar-refractivity contribution in [1.82, 2.24) is 0 Å². The summed E-state index contributed by atoms with van der Waals surface area (Å²) in [5.41, 5.74) is 1.38. The molecule has 0 aromatic rings. The largest absolute Gasteiger partial charge is 0.462 e. The number of esters is 1. The monoisotopic (exact) mass is 472 g/mol. The first kappa shape index (κ1) is 26.5. The molecule has 4 saturated carbocycles. The van der Waals surface area contributed by atoms with E-state index in [0.717, 1.165) is 30.1 Å². The number of hydrogen-bond donors (Lipinski definition) is 0. The van der Waals surface area contributed by atoms with Crippen molar-refractivity contribution >= 4 is 5.97 Å². The molecule has 34 heavy (non-hydrogen) atoms. The maximum Gasteiger partial charge on any atom is 0.302 e. The van der Waals surface area contributed by atoms with Gasteiger partial charge in [-0.3, -0.25) is 4.79 Å². The molecule has 0 N–H and O–H groups in total. The lowest BCUT2D eigenvalue weighted by Crippen LogP contribution is -2.64. The van der Waals surface area contributed by atoms with E-state index in [1.165, 1.54) is 64.2 Å². The molecular weight excluding hydrogens is 416 g/mol. The molecule has 0 spiro atoms. The fourth-order valence-electron chi connectivity index (χ4n) is 10.9. The highest BCUT2D eigenvalue weighted by molar-refractivity contribution is 5.66. The van der Waals surface area contributed by atoms with Gasteiger partial charge in [0.2, 0.25) is 0 Å². The zero-order valence-corrected chi connectivity index (χ0v) is 24.1. The second kappa shape index (κ2) is 9.09. The average Bonchev–Trinajstić information content (AvgIpc) is 3.01. The van der Waals surface area contributed by atoms with Crippen LogP contribution in [0.25, 0.3) is 0 Å². The minimum absolute atomic E-state index is 0.0742. The van der Waals surface area contributed by atoms with Crippen LogP contribution in [0.15, 0.2) is 0 Å². The van der Waals surface area contributed by atoms with Crippen LogP contribution in [0.5, 0.6) is 0 Å². The van der Waals surface area contributed by atoms with Gasteiger partial charge in [-0.05, 0) is 103 Å². The summed E-state index contributed by atoms with van der Waals surface area (Å²) < 4.78 is 6.16. The van der Waals surface area contributed by atoms with Gasteiger partial charge in [-0.1, -0.05) is 74.7 Å². The van der Waals surface area contributed by atoms with E-state index in [1.54, 1.807) is 6.92 Å². The Morgan fingerprint density at radius 1 is 0.824 bits per heavy atom. The van der Waals surface area contributed by atoms with Gasteiger partial charge < -0.3 is 4.74 Å². The standard InChI is InChI=1S/C32H56O2/c1-21(2)11-10-12-22(3)24-15-19-31(8)25-13-14-27-29(5,6)18-17-28(34-23(4)33)32(27,9)26(25)16-20-30(24,31)7/h21-22,24-28H,10-20H2,1-9H3/t22-,24-,25-,26+,27+,28?,30-,31+,32-/m1/s1. The Hall–Kier alpha value is -0.530. The van der Waals surface area contributed by atoms with E-state index in [2.05, 4.69) is 55.4 Å². The highest BCUT2D eigenvalue weighted by Gasteiger charge is 2.68. The molecule has 0 aliphatic heterocycles. The van der Waals surface area contributed by atoms with Crippen molar-refractivity contribution in [3.8, 4) is 0 Å². The molecule has 0 radical (unpaired) electrons. The van der Waals surface area contributed by atoms with Crippen LogP contribution in [0.4, 0.5) is 0 Å². The van der Waals surface area contributed by atoms with Crippen molar-refractivity contribution in [1.29, 1.82) is 0 Å². The third kappa shape index (κ3) is 4.00. The lowest BCUT2D eigenvalue weighted by atomic mass is 9.37. The molecule has 4 aliphatic carbocycles. The Kier molecular flexibility index (Phi) is 7.09. The van der Waals surface area contributed by atoms with Gasteiger partial charge in [0.25, 0.3) is 0 Å². The topological polar surface area (TPSA) is 26.3 Å². The molecule has 2 heteroatoms. The van der Waals surface area contributed by atoms with Crippen molar-refractivity contribution < 1.29 is 9.53 Å². The van der Waals surface area contributed by atoms with E-state index in [0.29, 0.717) is 28.1 Å². The zero-order valence-electron chi connectivity index (χ0n) is 24.1. The summed E-state index contributed by atoms with van der Waals surface area (Å²) in [5, 5.41) is 0. The van der Waals surface area contributed by atoms with Crippen LogP contribution >= 0.6 is 0 Å². The van der Waals surface area contributed by atoms with Crippen LogP contribution in [0.3, 0.4) is 0 Å². The molecule has 0 aromatic carbocycles. The summed E-state index contributed by atoms with van der Waals surface area (Å²) in [5.74, 6) is 4.62. The first-order chi connectivity index (χ1) is 15.8. The molecule has 0 amide bonds. The van der Waals surface area contributed by atoms with Crippen molar-refractivity contribution in [3.63, 3.8) is 0 Å². The molecule has 0 bridgehead atoms.